The fraction of sp³-hybridized carbons (Fsp3) is 0.0638. The van der Waals surface area contributed by atoms with Crippen LogP contribution >= 0.6 is 0 Å². The van der Waals surface area contributed by atoms with Gasteiger partial charge in [-0.1, -0.05) is 123 Å². The molecule has 0 radical (unpaired) electrons. The largest absolute Gasteiger partial charge is 0.456 e. The fourth-order valence-electron chi connectivity index (χ4n) is 8.93. The van der Waals surface area contributed by atoms with E-state index in [2.05, 4.69) is 147 Å². The molecule has 48 heavy (non-hydrogen) atoms. The molecule has 1 aliphatic rings. The Morgan fingerprint density at radius 1 is 0.396 bits per heavy atom. The maximum atomic E-state index is 6.28. The van der Waals surface area contributed by atoms with E-state index in [1.807, 2.05) is 12.1 Å². The second-order valence-electron chi connectivity index (χ2n) is 14.1. The van der Waals surface area contributed by atoms with E-state index in [4.69, 9.17) is 4.42 Å². The normalized spacial score (nSPS) is 13.8. The van der Waals surface area contributed by atoms with Gasteiger partial charge in [0.15, 0.2) is 0 Å². The maximum absolute atomic E-state index is 6.28. The summed E-state index contributed by atoms with van der Waals surface area (Å²) in [6, 6.07) is 54.0. The zero-order valence-electron chi connectivity index (χ0n) is 26.8. The minimum absolute atomic E-state index is 0.155. The molecule has 0 saturated heterocycles. The standard InChI is InChI=1S/C47H30O/c1-47(2)41-25-29(33-23-31-15-13-27-7-5-8-28-14-16-32(24-33)45(31)44(27)28)17-19-36(41)40-22-21-35-34(10-6-11-39(35)46(40)47)30-18-20-38-37-9-3-4-12-42(37)48-43(38)26-30/h3-26H,1-2H3. The SMILES string of the molecule is CC1(C)c2cc(-c3cc4ccc5cccc6ccc(c3)c4c56)ccc2-c2ccc3c(-c4ccc5c(c4)oc4ccccc45)cccc3c21. The van der Waals surface area contributed by atoms with E-state index in [9.17, 15) is 0 Å². The lowest BCUT2D eigenvalue weighted by atomic mass is 9.79. The number of furan rings is 1. The lowest BCUT2D eigenvalue weighted by Crippen LogP contribution is -2.15. The van der Waals surface area contributed by atoms with E-state index in [1.165, 1.54) is 87.6 Å². The van der Waals surface area contributed by atoms with Crippen LogP contribution in [-0.4, -0.2) is 0 Å². The smallest absolute Gasteiger partial charge is 0.136 e. The molecule has 11 rings (SSSR count). The molecule has 1 aromatic heterocycles. The molecule has 224 valence electrons. The summed E-state index contributed by atoms with van der Waals surface area (Å²) in [5.41, 5.74) is 12.1. The lowest BCUT2D eigenvalue weighted by Gasteiger charge is -2.24. The second-order valence-corrected chi connectivity index (χ2v) is 14.1. The Balaban J connectivity index is 1.05. The molecule has 1 aliphatic carbocycles. The summed E-state index contributed by atoms with van der Waals surface area (Å²) >= 11 is 0. The van der Waals surface area contributed by atoms with Gasteiger partial charge in [0, 0.05) is 16.2 Å². The summed E-state index contributed by atoms with van der Waals surface area (Å²) in [5.74, 6) is 0. The Kier molecular flexibility index (Phi) is 4.97. The van der Waals surface area contributed by atoms with Crippen molar-refractivity contribution < 1.29 is 4.42 Å². The summed E-state index contributed by atoms with van der Waals surface area (Å²) in [6.45, 7) is 4.79. The molecule has 1 nitrogen and oxygen atoms in total. The first-order valence-electron chi connectivity index (χ1n) is 16.8. The predicted octanol–water partition coefficient (Wildman–Crippen LogP) is 13.3. The molecule has 1 heteroatoms. The van der Waals surface area contributed by atoms with Crippen LogP contribution in [0.2, 0.25) is 0 Å². The van der Waals surface area contributed by atoms with E-state index in [-0.39, 0.29) is 5.41 Å². The predicted molar refractivity (Wildman–Crippen MR) is 203 cm³/mol. The third-order valence-corrected chi connectivity index (χ3v) is 11.2. The van der Waals surface area contributed by atoms with Crippen LogP contribution in [0.4, 0.5) is 0 Å². The monoisotopic (exact) mass is 610 g/mol. The molecule has 0 amide bonds. The molecule has 1 heterocycles. The first-order valence-corrected chi connectivity index (χ1v) is 16.8. The highest BCUT2D eigenvalue weighted by molar-refractivity contribution is 6.23. The van der Waals surface area contributed by atoms with E-state index in [0.29, 0.717) is 0 Å². The van der Waals surface area contributed by atoms with Crippen molar-refractivity contribution in [3.63, 3.8) is 0 Å². The molecule has 0 atom stereocenters. The Labute approximate surface area is 278 Å². The minimum Gasteiger partial charge on any atom is -0.456 e. The maximum Gasteiger partial charge on any atom is 0.136 e. The number of para-hydroxylation sites is 1. The average Bonchev–Trinajstić information content (AvgIpc) is 3.61. The van der Waals surface area contributed by atoms with E-state index >= 15 is 0 Å². The molecular formula is C47H30O. The van der Waals surface area contributed by atoms with Gasteiger partial charge in [-0.3, -0.25) is 0 Å². The zero-order valence-corrected chi connectivity index (χ0v) is 26.8. The van der Waals surface area contributed by atoms with Crippen molar-refractivity contribution in [2.45, 2.75) is 19.3 Å². The van der Waals surface area contributed by atoms with E-state index in [0.717, 1.165) is 21.9 Å². The van der Waals surface area contributed by atoms with Crippen LogP contribution in [0, 0.1) is 0 Å². The average molecular weight is 611 g/mol. The van der Waals surface area contributed by atoms with Crippen molar-refractivity contribution in [3.8, 4) is 33.4 Å². The van der Waals surface area contributed by atoms with Gasteiger partial charge in [0.25, 0.3) is 0 Å². The molecule has 0 aliphatic heterocycles. The molecular weight excluding hydrogens is 581 g/mol. The second kappa shape index (κ2) is 9.12. The van der Waals surface area contributed by atoms with Gasteiger partial charge in [-0.25, -0.2) is 0 Å². The van der Waals surface area contributed by atoms with Gasteiger partial charge >= 0.3 is 0 Å². The number of hydrogen-bond acceptors (Lipinski definition) is 1. The highest BCUT2D eigenvalue weighted by atomic mass is 16.3. The Bertz CT molecular complexity index is 2910. The van der Waals surface area contributed by atoms with Crippen LogP contribution < -0.4 is 0 Å². The van der Waals surface area contributed by atoms with Crippen LogP contribution in [-0.2, 0) is 5.41 Å². The van der Waals surface area contributed by atoms with Crippen molar-refractivity contribution in [3.05, 3.63) is 157 Å². The van der Waals surface area contributed by atoms with Crippen molar-refractivity contribution in [1.29, 1.82) is 0 Å². The summed E-state index contributed by atoms with van der Waals surface area (Å²) in [7, 11) is 0. The highest BCUT2D eigenvalue weighted by Crippen LogP contribution is 2.53. The van der Waals surface area contributed by atoms with Crippen molar-refractivity contribution in [1.82, 2.24) is 0 Å². The van der Waals surface area contributed by atoms with Crippen LogP contribution in [0.25, 0.3) is 98.4 Å². The van der Waals surface area contributed by atoms with Crippen LogP contribution in [0.1, 0.15) is 25.0 Å². The summed E-state index contributed by atoms with van der Waals surface area (Å²) in [6.07, 6.45) is 0. The molecule has 0 saturated carbocycles. The van der Waals surface area contributed by atoms with E-state index < -0.39 is 0 Å². The third kappa shape index (κ3) is 3.40. The molecule has 0 fully saturated rings. The van der Waals surface area contributed by atoms with Crippen molar-refractivity contribution in [2.75, 3.05) is 0 Å². The molecule has 0 bridgehead atoms. The summed E-state index contributed by atoms with van der Waals surface area (Å²) in [4.78, 5) is 0. The lowest BCUT2D eigenvalue weighted by molar-refractivity contribution is 0.666. The molecule has 10 aromatic rings. The molecule has 0 N–H and O–H groups in total. The summed E-state index contributed by atoms with van der Waals surface area (Å²) in [5, 5.41) is 12.9. The molecule has 9 aromatic carbocycles. The fourth-order valence-corrected chi connectivity index (χ4v) is 8.93. The Morgan fingerprint density at radius 2 is 1.04 bits per heavy atom. The topological polar surface area (TPSA) is 13.1 Å². The summed E-state index contributed by atoms with van der Waals surface area (Å²) < 4.78 is 6.28. The van der Waals surface area contributed by atoms with Crippen molar-refractivity contribution in [2.24, 2.45) is 0 Å². The van der Waals surface area contributed by atoms with Gasteiger partial charge in [-0.05, 0) is 124 Å². The number of hydrogen-bond donors (Lipinski definition) is 0. The van der Waals surface area contributed by atoms with Gasteiger partial charge in [0.1, 0.15) is 11.2 Å². The van der Waals surface area contributed by atoms with Crippen molar-refractivity contribution >= 4 is 65.0 Å². The third-order valence-electron chi connectivity index (χ3n) is 11.2. The molecule has 0 spiro atoms. The molecule has 0 unspecified atom stereocenters. The van der Waals surface area contributed by atoms with Crippen LogP contribution in [0.3, 0.4) is 0 Å². The van der Waals surface area contributed by atoms with Crippen LogP contribution in [0.5, 0.6) is 0 Å². The van der Waals surface area contributed by atoms with Gasteiger partial charge in [-0.15, -0.1) is 0 Å². The Hall–Kier alpha value is -5.92. The number of rotatable bonds is 2. The van der Waals surface area contributed by atoms with Gasteiger partial charge in [0.05, 0.1) is 0 Å². The number of benzene rings is 9. The van der Waals surface area contributed by atoms with Gasteiger partial charge in [0.2, 0.25) is 0 Å². The first-order chi connectivity index (χ1) is 23.5. The zero-order chi connectivity index (χ0) is 31.7. The van der Waals surface area contributed by atoms with Gasteiger partial charge in [-0.2, -0.15) is 0 Å². The van der Waals surface area contributed by atoms with E-state index in [1.54, 1.807) is 0 Å². The quantitative estimate of drug-likeness (QED) is 0.178. The van der Waals surface area contributed by atoms with Crippen LogP contribution in [0.15, 0.2) is 150 Å². The number of fused-ring (bicyclic) bond motifs is 8. The highest BCUT2D eigenvalue weighted by Gasteiger charge is 2.37. The first kappa shape index (κ1) is 26.2. The van der Waals surface area contributed by atoms with Gasteiger partial charge < -0.3 is 4.42 Å². The Morgan fingerprint density at radius 3 is 1.88 bits per heavy atom. The minimum atomic E-state index is -0.155.